The molecular weight excluding hydrogens is 178 g/mol. The third-order valence-corrected chi connectivity index (χ3v) is 2.09. The Morgan fingerprint density at radius 1 is 1.29 bits per heavy atom. The fraction of sp³-hybridized carbons (Fsp3) is 0.200. The Labute approximate surface area is 81.9 Å². The number of H-pyrrole nitrogens is 1. The standard InChI is InChI=1S/C10H11N3O/c1-7-10(14-2)3-8(4-11-7)9-5-12-13-6-9/h3-6H,1-2H3,(H,12,13). The van der Waals surface area contributed by atoms with Crippen LogP contribution in [-0.4, -0.2) is 22.3 Å². The van der Waals surface area contributed by atoms with Gasteiger partial charge in [-0.15, -0.1) is 0 Å². The van der Waals surface area contributed by atoms with E-state index in [1.54, 1.807) is 13.3 Å². The third kappa shape index (κ3) is 1.46. The quantitative estimate of drug-likeness (QED) is 0.783. The van der Waals surface area contributed by atoms with Crippen LogP contribution in [0.3, 0.4) is 0 Å². The zero-order valence-electron chi connectivity index (χ0n) is 8.11. The molecule has 2 heterocycles. The first kappa shape index (κ1) is 8.74. The molecule has 2 aromatic rings. The van der Waals surface area contributed by atoms with Crippen molar-refractivity contribution in [3.05, 3.63) is 30.4 Å². The molecule has 0 bridgehead atoms. The lowest BCUT2D eigenvalue weighted by atomic mass is 10.1. The second-order valence-corrected chi connectivity index (χ2v) is 3.00. The van der Waals surface area contributed by atoms with E-state index in [1.807, 2.05) is 25.4 Å². The molecule has 0 aliphatic rings. The highest BCUT2D eigenvalue weighted by atomic mass is 16.5. The number of nitrogens with one attached hydrogen (secondary N) is 1. The molecule has 0 amide bonds. The van der Waals surface area contributed by atoms with Gasteiger partial charge in [-0.25, -0.2) is 0 Å². The number of methoxy groups -OCH3 is 1. The van der Waals surface area contributed by atoms with Crippen LogP contribution >= 0.6 is 0 Å². The molecule has 0 fully saturated rings. The highest BCUT2D eigenvalue weighted by molar-refractivity contribution is 5.62. The van der Waals surface area contributed by atoms with Gasteiger partial charge in [-0.3, -0.25) is 10.1 Å². The highest BCUT2D eigenvalue weighted by Gasteiger charge is 2.04. The fourth-order valence-corrected chi connectivity index (χ4v) is 1.29. The van der Waals surface area contributed by atoms with Gasteiger partial charge < -0.3 is 4.74 Å². The molecule has 2 rings (SSSR count). The fourth-order valence-electron chi connectivity index (χ4n) is 1.29. The lowest BCUT2D eigenvalue weighted by molar-refractivity contribution is 0.409. The van der Waals surface area contributed by atoms with Crippen LogP contribution in [0.5, 0.6) is 5.75 Å². The van der Waals surface area contributed by atoms with E-state index in [2.05, 4.69) is 15.2 Å². The predicted octanol–water partition coefficient (Wildman–Crippen LogP) is 1.79. The molecule has 1 N–H and O–H groups in total. The Morgan fingerprint density at radius 3 is 2.79 bits per heavy atom. The lowest BCUT2D eigenvalue weighted by Crippen LogP contribution is -1.90. The summed E-state index contributed by atoms with van der Waals surface area (Å²) in [5, 5.41) is 6.64. The summed E-state index contributed by atoms with van der Waals surface area (Å²) in [7, 11) is 1.64. The average Bonchev–Trinajstić information content (AvgIpc) is 2.71. The summed E-state index contributed by atoms with van der Waals surface area (Å²) in [4.78, 5) is 4.24. The lowest BCUT2D eigenvalue weighted by Gasteiger charge is -2.04. The summed E-state index contributed by atoms with van der Waals surface area (Å²) in [6, 6.07) is 1.95. The normalized spacial score (nSPS) is 10.1. The van der Waals surface area contributed by atoms with Crippen molar-refractivity contribution < 1.29 is 4.74 Å². The first-order valence-corrected chi connectivity index (χ1v) is 4.31. The molecule has 0 unspecified atom stereocenters. The Hall–Kier alpha value is -1.84. The number of pyridine rings is 1. The van der Waals surface area contributed by atoms with E-state index in [-0.39, 0.29) is 0 Å². The number of aromatic nitrogens is 3. The van der Waals surface area contributed by atoms with Crippen molar-refractivity contribution in [1.82, 2.24) is 15.2 Å². The van der Waals surface area contributed by atoms with Crippen LogP contribution in [0.25, 0.3) is 11.1 Å². The van der Waals surface area contributed by atoms with E-state index < -0.39 is 0 Å². The molecule has 0 saturated carbocycles. The molecule has 72 valence electrons. The molecule has 14 heavy (non-hydrogen) atoms. The van der Waals surface area contributed by atoms with Crippen LogP contribution in [0.2, 0.25) is 0 Å². The summed E-state index contributed by atoms with van der Waals surface area (Å²) < 4.78 is 5.19. The molecule has 0 aliphatic heterocycles. The SMILES string of the molecule is COc1cc(-c2cn[nH]c2)cnc1C. The molecular formula is C10H11N3O. The Bertz CT molecular complexity index is 423. The van der Waals surface area contributed by atoms with Gasteiger partial charge in [0, 0.05) is 23.5 Å². The Kier molecular flexibility index (Phi) is 2.18. The van der Waals surface area contributed by atoms with Crippen molar-refractivity contribution >= 4 is 0 Å². The van der Waals surface area contributed by atoms with Gasteiger partial charge >= 0.3 is 0 Å². The van der Waals surface area contributed by atoms with Crippen LogP contribution in [-0.2, 0) is 0 Å². The number of ether oxygens (including phenoxy) is 1. The second kappa shape index (κ2) is 3.49. The Balaban J connectivity index is 2.46. The molecule has 4 heteroatoms. The number of hydrogen-bond acceptors (Lipinski definition) is 3. The largest absolute Gasteiger partial charge is 0.495 e. The zero-order chi connectivity index (χ0) is 9.97. The molecule has 0 aliphatic carbocycles. The summed E-state index contributed by atoms with van der Waals surface area (Å²) in [5.41, 5.74) is 2.90. The van der Waals surface area contributed by atoms with Crippen molar-refractivity contribution in [3.8, 4) is 16.9 Å². The maximum Gasteiger partial charge on any atom is 0.140 e. The number of nitrogens with zero attached hydrogens (tertiary/aromatic N) is 2. The molecule has 4 nitrogen and oxygen atoms in total. The average molecular weight is 189 g/mol. The van der Waals surface area contributed by atoms with Gasteiger partial charge in [0.15, 0.2) is 0 Å². The monoisotopic (exact) mass is 189 g/mol. The van der Waals surface area contributed by atoms with Crippen molar-refractivity contribution in [2.75, 3.05) is 7.11 Å². The molecule has 0 spiro atoms. The Morgan fingerprint density at radius 2 is 2.14 bits per heavy atom. The highest BCUT2D eigenvalue weighted by Crippen LogP contribution is 2.23. The minimum Gasteiger partial charge on any atom is -0.495 e. The van der Waals surface area contributed by atoms with Crippen LogP contribution < -0.4 is 4.74 Å². The van der Waals surface area contributed by atoms with Gasteiger partial charge in [0.2, 0.25) is 0 Å². The summed E-state index contributed by atoms with van der Waals surface area (Å²) in [6.45, 7) is 1.91. The van der Waals surface area contributed by atoms with E-state index >= 15 is 0 Å². The molecule has 0 aromatic carbocycles. The molecule has 2 aromatic heterocycles. The number of rotatable bonds is 2. The first-order valence-electron chi connectivity index (χ1n) is 4.31. The van der Waals surface area contributed by atoms with Crippen LogP contribution in [0, 0.1) is 6.92 Å². The molecule has 0 atom stereocenters. The number of aryl methyl sites for hydroxylation is 1. The van der Waals surface area contributed by atoms with E-state index in [9.17, 15) is 0 Å². The molecule has 0 radical (unpaired) electrons. The predicted molar refractivity (Wildman–Crippen MR) is 53.1 cm³/mol. The summed E-state index contributed by atoms with van der Waals surface area (Å²) >= 11 is 0. The van der Waals surface area contributed by atoms with Crippen molar-refractivity contribution in [2.45, 2.75) is 6.92 Å². The van der Waals surface area contributed by atoms with Crippen molar-refractivity contribution in [2.24, 2.45) is 0 Å². The van der Waals surface area contributed by atoms with E-state index in [0.29, 0.717) is 0 Å². The number of hydrogen-bond donors (Lipinski definition) is 1. The van der Waals surface area contributed by atoms with Crippen molar-refractivity contribution in [3.63, 3.8) is 0 Å². The number of aromatic amines is 1. The maximum atomic E-state index is 5.19. The van der Waals surface area contributed by atoms with Gasteiger partial charge in [0.05, 0.1) is 19.0 Å². The minimum atomic E-state index is 0.795. The maximum absolute atomic E-state index is 5.19. The van der Waals surface area contributed by atoms with Gasteiger partial charge in [0.1, 0.15) is 5.75 Å². The van der Waals surface area contributed by atoms with E-state index in [1.165, 1.54) is 0 Å². The van der Waals surface area contributed by atoms with Crippen LogP contribution in [0.1, 0.15) is 5.69 Å². The van der Waals surface area contributed by atoms with Gasteiger partial charge in [-0.1, -0.05) is 0 Å². The van der Waals surface area contributed by atoms with Crippen molar-refractivity contribution in [1.29, 1.82) is 0 Å². The van der Waals surface area contributed by atoms with E-state index in [0.717, 1.165) is 22.6 Å². The summed E-state index contributed by atoms with van der Waals surface area (Å²) in [5.74, 6) is 0.795. The topological polar surface area (TPSA) is 50.8 Å². The van der Waals surface area contributed by atoms with Gasteiger partial charge in [-0.2, -0.15) is 5.10 Å². The molecule has 0 saturated heterocycles. The summed E-state index contributed by atoms with van der Waals surface area (Å²) in [6.07, 6.45) is 5.39. The minimum absolute atomic E-state index is 0.795. The van der Waals surface area contributed by atoms with E-state index in [4.69, 9.17) is 4.74 Å². The van der Waals surface area contributed by atoms with Crippen LogP contribution in [0.15, 0.2) is 24.7 Å². The van der Waals surface area contributed by atoms with Gasteiger partial charge in [0.25, 0.3) is 0 Å². The van der Waals surface area contributed by atoms with Crippen LogP contribution in [0.4, 0.5) is 0 Å². The third-order valence-electron chi connectivity index (χ3n) is 2.09. The first-order chi connectivity index (χ1) is 6.81. The van der Waals surface area contributed by atoms with Gasteiger partial charge in [-0.05, 0) is 13.0 Å². The second-order valence-electron chi connectivity index (χ2n) is 3.00. The smallest absolute Gasteiger partial charge is 0.140 e. The zero-order valence-corrected chi connectivity index (χ0v) is 8.11.